The molecule has 2 rings (SSSR count). The second kappa shape index (κ2) is 6.75. The maximum Gasteiger partial charge on any atom is 0.328 e. The van der Waals surface area contributed by atoms with Gasteiger partial charge in [0.25, 0.3) is 5.56 Å². The van der Waals surface area contributed by atoms with Gasteiger partial charge in [0.1, 0.15) is 12.3 Å². The minimum absolute atomic E-state index is 0.172. The molecule has 7 nitrogen and oxygen atoms in total. The Bertz CT molecular complexity index is 779. The average molecular weight is 303 g/mol. The molecule has 0 radical (unpaired) electrons. The van der Waals surface area contributed by atoms with Gasteiger partial charge in [-0.05, 0) is 13.0 Å². The zero-order chi connectivity index (χ0) is 16.1. The fraction of sp³-hybridized carbons (Fsp3) is 0.267. The molecule has 0 unspecified atom stereocenters. The van der Waals surface area contributed by atoms with E-state index in [0.717, 1.165) is 10.1 Å². The summed E-state index contributed by atoms with van der Waals surface area (Å²) in [6.45, 7) is 1.65. The molecule has 0 saturated heterocycles. The molecule has 1 aromatic carbocycles. The second-order valence-electron chi connectivity index (χ2n) is 4.77. The molecule has 22 heavy (non-hydrogen) atoms. The number of amides is 1. The number of hydrogen-bond acceptors (Lipinski definition) is 4. The first-order valence-corrected chi connectivity index (χ1v) is 6.73. The number of nitrogens with one attached hydrogen (secondary N) is 2. The molecular weight excluding hydrogens is 286 g/mol. The molecule has 2 aromatic rings. The molecule has 1 amide bonds. The number of aromatic nitrogens is 2. The van der Waals surface area contributed by atoms with Crippen molar-refractivity contribution < 1.29 is 9.53 Å². The van der Waals surface area contributed by atoms with Crippen LogP contribution in [0.2, 0.25) is 0 Å². The summed E-state index contributed by atoms with van der Waals surface area (Å²) in [6, 6.07) is 8.28. The van der Waals surface area contributed by atoms with Crippen molar-refractivity contribution >= 4 is 5.91 Å². The lowest BCUT2D eigenvalue weighted by Crippen LogP contribution is -2.36. The monoisotopic (exact) mass is 303 g/mol. The van der Waals surface area contributed by atoms with Crippen molar-refractivity contribution in [3.8, 4) is 5.75 Å². The van der Waals surface area contributed by atoms with E-state index >= 15 is 0 Å². The lowest BCUT2D eigenvalue weighted by atomic mass is 10.1. The summed E-state index contributed by atoms with van der Waals surface area (Å²) in [4.78, 5) is 36.6. The zero-order valence-electron chi connectivity index (χ0n) is 12.3. The molecule has 1 atom stereocenters. The van der Waals surface area contributed by atoms with Crippen molar-refractivity contribution in [2.45, 2.75) is 19.5 Å². The number of rotatable bonds is 5. The number of methoxy groups -OCH3 is 1. The van der Waals surface area contributed by atoms with Gasteiger partial charge in [-0.25, -0.2) is 4.79 Å². The number of carbonyl (C=O) groups is 1. The van der Waals surface area contributed by atoms with E-state index in [-0.39, 0.29) is 18.5 Å². The van der Waals surface area contributed by atoms with E-state index < -0.39 is 11.2 Å². The summed E-state index contributed by atoms with van der Waals surface area (Å²) in [5, 5.41) is 2.79. The van der Waals surface area contributed by atoms with Crippen molar-refractivity contribution in [1.82, 2.24) is 14.9 Å². The third-order valence-corrected chi connectivity index (χ3v) is 3.19. The predicted octanol–water partition coefficient (Wildman–Crippen LogP) is 0.423. The standard InChI is InChI=1S/C15H17N3O4/c1-10(11-5-3-4-6-12(11)22-2)16-14(20)9-18-8-7-13(19)17-15(18)21/h3-8,10H,9H2,1-2H3,(H,16,20)(H,17,19,21)/t10-/m0/s1. The van der Waals surface area contributed by atoms with Crippen LogP contribution < -0.4 is 21.3 Å². The molecule has 0 aliphatic heterocycles. The van der Waals surface area contributed by atoms with Crippen molar-refractivity contribution in [2.24, 2.45) is 0 Å². The average Bonchev–Trinajstić information content (AvgIpc) is 2.50. The van der Waals surface area contributed by atoms with Crippen LogP contribution in [0.4, 0.5) is 0 Å². The number of para-hydroxylation sites is 1. The number of benzene rings is 1. The molecule has 0 fully saturated rings. The molecule has 1 aromatic heterocycles. The maximum absolute atomic E-state index is 12.0. The molecule has 2 N–H and O–H groups in total. The van der Waals surface area contributed by atoms with Gasteiger partial charge in [0.15, 0.2) is 0 Å². The second-order valence-corrected chi connectivity index (χ2v) is 4.77. The molecule has 0 spiro atoms. The van der Waals surface area contributed by atoms with Crippen molar-refractivity contribution in [2.75, 3.05) is 7.11 Å². The van der Waals surface area contributed by atoms with E-state index in [0.29, 0.717) is 5.75 Å². The number of hydrogen-bond donors (Lipinski definition) is 2. The summed E-state index contributed by atoms with van der Waals surface area (Å²) in [5.74, 6) is 0.337. The fourth-order valence-corrected chi connectivity index (χ4v) is 2.11. The van der Waals surface area contributed by atoms with Gasteiger partial charge < -0.3 is 10.1 Å². The van der Waals surface area contributed by atoms with Crippen molar-refractivity contribution in [1.29, 1.82) is 0 Å². The van der Waals surface area contributed by atoms with Gasteiger partial charge in [-0.15, -0.1) is 0 Å². The molecular formula is C15H17N3O4. The predicted molar refractivity (Wildman–Crippen MR) is 80.9 cm³/mol. The van der Waals surface area contributed by atoms with E-state index in [2.05, 4.69) is 10.3 Å². The molecule has 0 bridgehead atoms. The largest absolute Gasteiger partial charge is 0.496 e. The topological polar surface area (TPSA) is 93.2 Å². The van der Waals surface area contributed by atoms with Crippen LogP contribution in [0, 0.1) is 0 Å². The Balaban J connectivity index is 2.08. The van der Waals surface area contributed by atoms with Gasteiger partial charge in [0.2, 0.25) is 5.91 Å². The molecule has 116 valence electrons. The Hall–Kier alpha value is -2.83. The highest BCUT2D eigenvalue weighted by atomic mass is 16.5. The SMILES string of the molecule is COc1ccccc1[C@H](C)NC(=O)Cn1ccc(=O)[nH]c1=O. The number of H-pyrrole nitrogens is 1. The molecule has 0 saturated carbocycles. The van der Waals surface area contributed by atoms with Crippen molar-refractivity contribution in [3.63, 3.8) is 0 Å². The van der Waals surface area contributed by atoms with Crippen molar-refractivity contribution in [3.05, 3.63) is 62.9 Å². The summed E-state index contributed by atoms with van der Waals surface area (Å²) < 4.78 is 6.38. The smallest absolute Gasteiger partial charge is 0.328 e. The summed E-state index contributed by atoms with van der Waals surface area (Å²) in [5.41, 5.74) is -0.274. The van der Waals surface area contributed by atoms with Crippen LogP contribution in [-0.4, -0.2) is 22.6 Å². The lowest BCUT2D eigenvalue weighted by Gasteiger charge is -2.17. The highest BCUT2D eigenvalue weighted by Gasteiger charge is 2.14. The summed E-state index contributed by atoms with van der Waals surface area (Å²) in [6.07, 6.45) is 1.29. The van der Waals surface area contributed by atoms with Crippen LogP contribution in [0.3, 0.4) is 0 Å². The Morgan fingerprint density at radius 3 is 2.73 bits per heavy atom. The minimum Gasteiger partial charge on any atom is -0.496 e. The van der Waals surface area contributed by atoms with Gasteiger partial charge in [-0.2, -0.15) is 0 Å². The van der Waals surface area contributed by atoms with Crippen LogP contribution in [0.5, 0.6) is 5.75 Å². The van der Waals surface area contributed by atoms with Crippen LogP contribution >= 0.6 is 0 Å². The zero-order valence-corrected chi connectivity index (χ0v) is 12.3. The van der Waals surface area contributed by atoms with E-state index in [1.165, 1.54) is 12.3 Å². The third-order valence-electron chi connectivity index (χ3n) is 3.19. The quantitative estimate of drug-likeness (QED) is 0.837. The number of aromatic amines is 1. The number of nitrogens with zero attached hydrogens (tertiary/aromatic N) is 1. The first-order valence-electron chi connectivity index (χ1n) is 6.73. The summed E-state index contributed by atoms with van der Waals surface area (Å²) in [7, 11) is 1.56. The van der Waals surface area contributed by atoms with E-state index in [9.17, 15) is 14.4 Å². The normalized spacial score (nSPS) is 11.7. The van der Waals surface area contributed by atoms with E-state index in [4.69, 9.17) is 4.74 Å². The Kier molecular flexibility index (Phi) is 4.77. The Morgan fingerprint density at radius 1 is 1.32 bits per heavy atom. The van der Waals surface area contributed by atoms with E-state index in [1.54, 1.807) is 7.11 Å². The van der Waals surface area contributed by atoms with Crippen LogP contribution in [0.25, 0.3) is 0 Å². The first kappa shape index (κ1) is 15.6. The Morgan fingerprint density at radius 2 is 2.05 bits per heavy atom. The van der Waals surface area contributed by atoms with Gasteiger partial charge in [-0.3, -0.25) is 19.1 Å². The van der Waals surface area contributed by atoms with Crippen LogP contribution in [-0.2, 0) is 11.3 Å². The highest BCUT2D eigenvalue weighted by Crippen LogP contribution is 2.24. The summed E-state index contributed by atoms with van der Waals surface area (Å²) >= 11 is 0. The maximum atomic E-state index is 12.0. The minimum atomic E-state index is -0.618. The molecule has 0 aliphatic carbocycles. The van der Waals surface area contributed by atoms with Gasteiger partial charge >= 0.3 is 5.69 Å². The Labute approximate surface area is 126 Å². The van der Waals surface area contributed by atoms with Crippen LogP contribution in [0.15, 0.2) is 46.1 Å². The molecule has 0 aliphatic rings. The fourth-order valence-electron chi connectivity index (χ4n) is 2.11. The lowest BCUT2D eigenvalue weighted by molar-refractivity contribution is -0.122. The molecule has 7 heteroatoms. The van der Waals surface area contributed by atoms with Gasteiger partial charge in [0, 0.05) is 17.8 Å². The van der Waals surface area contributed by atoms with Gasteiger partial charge in [-0.1, -0.05) is 18.2 Å². The number of carbonyl (C=O) groups excluding carboxylic acids is 1. The van der Waals surface area contributed by atoms with Gasteiger partial charge in [0.05, 0.1) is 13.2 Å². The van der Waals surface area contributed by atoms with E-state index in [1.807, 2.05) is 31.2 Å². The molecule has 1 heterocycles. The number of ether oxygens (including phenoxy) is 1. The van der Waals surface area contributed by atoms with Crippen LogP contribution in [0.1, 0.15) is 18.5 Å². The first-order chi connectivity index (χ1) is 10.5. The highest BCUT2D eigenvalue weighted by molar-refractivity contribution is 5.76. The third kappa shape index (κ3) is 3.63.